The topological polar surface area (TPSA) is 56.5 Å². The second kappa shape index (κ2) is 9.67. The molecule has 1 aliphatic rings. The number of aliphatic hydroxyl groups excluding tert-OH is 1. The smallest absolute Gasteiger partial charge is 0.119 e. The summed E-state index contributed by atoms with van der Waals surface area (Å²) in [6, 6.07) is 15.2. The van der Waals surface area contributed by atoms with E-state index in [4.69, 9.17) is 21.6 Å². The number of hydrogen-bond acceptors (Lipinski definition) is 5. The Morgan fingerprint density at radius 3 is 2.75 bits per heavy atom. The summed E-state index contributed by atoms with van der Waals surface area (Å²) in [5.74, 6) is 1.33. The third-order valence-electron chi connectivity index (χ3n) is 5.29. The molecule has 2 aromatic rings. The lowest BCUT2D eigenvalue weighted by atomic mass is 10.0. The third-order valence-corrected chi connectivity index (χ3v) is 6.25. The molecule has 4 nitrogen and oxygen atoms in total. The van der Waals surface area contributed by atoms with Gasteiger partial charge in [-0.1, -0.05) is 11.6 Å². The van der Waals surface area contributed by atoms with E-state index in [1.807, 2.05) is 19.1 Å². The van der Waals surface area contributed by atoms with Crippen molar-refractivity contribution in [2.45, 2.75) is 30.4 Å². The van der Waals surface area contributed by atoms with Crippen LogP contribution in [-0.4, -0.2) is 42.0 Å². The lowest BCUT2D eigenvalue weighted by Gasteiger charge is -2.29. The maximum absolute atomic E-state index is 10.8. The van der Waals surface area contributed by atoms with Crippen LogP contribution >= 0.6 is 23.4 Å². The average Bonchev–Trinajstić information content (AvgIpc) is 3.20. The molecule has 28 heavy (non-hydrogen) atoms. The Bertz CT molecular complexity index is 837. The number of benzene rings is 2. The summed E-state index contributed by atoms with van der Waals surface area (Å²) in [6.07, 6.45) is 2.41. The first-order valence-corrected chi connectivity index (χ1v) is 11.0. The highest BCUT2D eigenvalue weighted by Crippen LogP contribution is 2.29. The standard InChI is InChI=1S/C22H25ClN2O2S/c1-15(22(26)18-9-17(12-24)10-19(23)11-18)25-8-7-16(13-25)14-27-20-3-5-21(28-2)6-4-20/h3-6,9-11,15-16,22,26H,7-8,13-14H2,1-2H3/t15?,16-,22?/m0/s1. The Kier molecular flexibility index (Phi) is 7.25. The molecule has 1 fully saturated rings. The van der Waals surface area contributed by atoms with Gasteiger partial charge in [0.1, 0.15) is 5.75 Å². The minimum absolute atomic E-state index is 0.0594. The Morgan fingerprint density at radius 1 is 1.32 bits per heavy atom. The fraction of sp³-hybridized carbons (Fsp3) is 0.409. The van der Waals surface area contributed by atoms with Crippen LogP contribution in [0.4, 0.5) is 0 Å². The van der Waals surface area contributed by atoms with Gasteiger partial charge in [-0.05, 0) is 74.2 Å². The molecule has 6 heteroatoms. The third kappa shape index (κ3) is 5.21. The van der Waals surface area contributed by atoms with Gasteiger partial charge in [0.15, 0.2) is 0 Å². The van der Waals surface area contributed by atoms with Crippen molar-refractivity contribution in [1.82, 2.24) is 4.90 Å². The van der Waals surface area contributed by atoms with Gasteiger partial charge < -0.3 is 9.84 Å². The van der Waals surface area contributed by atoms with Crippen molar-refractivity contribution in [2.24, 2.45) is 5.92 Å². The Balaban J connectivity index is 1.55. The van der Waals surface area contributed by atoms with Gasteiger partial charge in [-0.25, -0.2) is 0 Å². The molecule has 0 saturated carbocycles. The number of hydrogen-bond donors (Lipinski definition) is 1. The first-order chi connectivity index (χ1) is 13.5. The summed E-state index contributed by atoms with van der Waals surface area (Å²) < 4.78 is 5.96. The first-order valence-electron chi connectivity index (χ1n) is 9.39. The Hall–Kier alpha value is -1.71. The van der Waals surface area contributed by atoms with Crippen LogP contribution in [0.25, 0.3) is 0 Å². The van der Waals surface area contributed by atoms with Crippen molar-refractivity contribution >= 4 is 23.4 Å². The number of likely N-dealkylation sites (tertiary alicyclic amines) is 1. The van der Waals surface area contributed by atoms with Gasteiger partial charge in [0.2, 0.25) is 0 Å². The van der Waals surface area contributed by atoms with E-state index < -0.39 is 6.10 Å². The number of nitrogens with zero attached hydrogens (tertiary/aromatic N) is 2. The highest BCUT2D eigenvalue weighted by Gasteiger charge is 2.30. The van der Waals surface area contributed by atoms with Crippen LogP contribution in [0.1, 0.15) is 30.6 Å². The van der Waals surface area contributed by atoms with Gasteiger partial charge in [-0.3, -0.25) is 4.90 Å². The van der Waals surface area contributed by atoms with E-state index >= 15 is 0 Å². The minimum atomic E-state index is -0.690. The van der Waals surface area contributed by atoms with E-state index in [0.717, 1.165) is 25.3 Å². The lowest BCUT2D eigenvalue weighted by molar-refractivity contribution is 0.0678. The van der Waals surface area contributed by atoms with Crippen molar-refractivity contribution in [1.29, 1.82) is 5.26 Å². The largest absolute Gasteiger partial charge is 0.493 e. The van der Waals surface area contributed by atoms with Crippen molar-refractivity contribution in [3.05, 3.63) is 58.6 Å². The van der Waals surface area contributed by atoms with Crippen LogP contribution in [0.3, 0.4) is 0 Å². The van der Waals surface area contributed by atoms with Crippen LogP contribution < -0.4 is 4.74 Å². The molecule has 3 atom stereocenters. The fourth-order valence-corrected chi connectivity index (χ4v) is 4.23. The molecule has 1 aliphatic heterocycles. The maximum Gasteiger partial charge on any atom is 0.119 e. The highest BCUT2D eigenvalue weighted by molar-refractivity contribution is 7.98. The van der Waals surface area contributed by atoms with Crippen LogP contribution in [0, 0.1) is 17.2 Å². The van der Waals surface area contributed by atoms with Gasteiger partial charge in [0.05, 0.1) is 24.3 Å². The molecule has 0 aliphatic carbocycles. The molecule has 0 aromatic heterocycles. The Labute approximate surface area is 176 Å². The number of nitriles is 1. The fourth-order valence-electron chi connectivity index (χ4n) is 3.58. The number of aliphatic hydroxyl groups is 1. The van der Waals surface area contributed by atoms with E-state index in [-0.39, 0.29) is 6.04 Å². The average molecular weight is 417 g/mol. The minimum Gasteiger partial charge on any atom is -0.493 e. The zero-order valence-corrected chi connectivity index (χ0v) is 17.7. The van der Waals surface area contributed by atoms with Crippen LogP contribution in [0.15, 0.2) is 47.4 Å². The maximum atomic E-state index is 10.8. The molecule has 148 valence electrons. The second-order valence-corrected chi connectivity index (χ2v) is 8.52. The van der Waals surface area contributed by atoms with E-state index in [1.165, 1.54) is 4.90 Å². The van der Waals surface area contributed by atoms with Crippen LogP contribution in [-0.2, 0) is 0 Å². The molecule has 1 N–H and O–H groups in total. The molecule has 2 aromatic carbocycles. The van der Waals surface area contributed by atoms with Crippen molar-refractivity contribution in [2.75, 3.05) is 26.0 Å². The zero-order chi connectivity index (χ0) is 20.1. The molecular weight excluding hydrogens is 392 g/mol. The molecule has 0 spiro atoms. The highest BCUT2D eigenvalue weighted by atomic mass is 35.5. The second-order valence-electron chi connectivity index (χ2n) is 7.21. The predicted molar refractivity (Wildman–Crippen MR) is 114 cm³/mol. The molecular formula is C22H25ClN2O2S. The molecule has 2 unspecified atom stereocenters. The van der Waals surface area contributed by atoms with Crippen molar-refractivity contribution in [3.8, 4) is 11.8 Å². The van der Waals surface area contributed by atoms with Gasteiger partial charge in [-0.15, -0.1) is 11.8 Å². The number of ether oxygens (including phenoxy) is 1. The summed E-state index contributed by atoms with van der Waals surface area (Å²) in [4.78, 5) is 3.51. The normalized spacial score (nSPS) is 19.2. The molecule has 1 heterocycles. The monoisotopic (exact) mass is 416 g/mol. The van der Waals surface area contributed by atoms with Gasteiger partial charge in [0, 0.05) is 28.4 Å². The summed E-state index contributed by atoms with van der Waals surface area (Å²) in [6.45, 7) is 4.49. The van der Waals surface area contributed by atoms with Crippen LogP contribution in [0.5, 0.6) is 5.75 Å². The first kappa shape index (κ1) is 21.0. The SMILES string of the molecule is CSc1ccc(OC[C@H]2CCN(C(C)C(O)c3cc(Cl)cc(C#N)c3)C2)cc1. The summed E-state index contributed by atoms with van der Waals surface area (Å²) in [5, 5.41) is 20.4. The quantitative estimate of drug-likeness (QED) is 0.659. The van der Waals surface area contributed by atoms with Gasteiger partial charge >= 0.3 is 0 Å². The van der Waals surface area contributed by atoms with E-state index in [9.17, 15) is 5.11 Å². The number of halogens is 1. The summed E-state index contributed by atoms with van der Waals surface area (Å²) in [5.41, 5.74) is 1.15. The summed E-state index contributed by atoms with van der Waals surface area (Å²) in [7, 11) is 0. The van der Waals surface area contributed by atoms with Crippen LogP contribution in [0.2, 0.25) is 5.02 Å². The van der Waals surface area contributed by atoms with Gasteiger partial charge in [0.25, 0.3) is 0 Å². The summed E-state index contributed by atoms with van der Waals surface area (Å²) >= 11 is 7.80. The van der Waals surface area contributed by atoms with Crippen molar-refractivity contribution < 1.29 is 9.84 Å². The number of thioether (sulfide) groups is 1. The number of rotatable bonds is 7. The Morgan fingerprint density at radius 2 is 2.07 bits per heavy atom. The molecule has 0 amide bonds. The van der Waals surface area contributed by atoms with Gasteiger partial charge in [-0.2, -0.15) is 5.26 Å². The molecule has 1 saturated heterocycles. The molecule has 0 bridgehead atoms. The molecule has 0 radical (unpaired) electrons. The van der Waals surface area contributed by atoms with E-state index in [0.29, 0.717) is 28.7 Å². The molecule has 3 rings (SSSR count). The predicted octanol–water partition coefficient (Wildman–Crippen LogP) is 4.76. The van der Waals surface area contributed by atoms with E-state index in [1.54, 1.807) is 30.0 Å². The van der Waals surface area contributed by atoms with Crippen molar-refractivity contribution in [3.63, 3.8) is 0 Å². The van der Waals surface area contributed by atoms with E-state index in [2.05, 4.69) is 29.4 Å². The lowest BCUT2D eigenvalue weighted by Crippen LogP contribution is -2.36. The zero-order valence-electron chi connectivity index (χ0n) is 16.1.